The van der Waals surface area contributed by atoms with E-state index in [0.29, 0.717) is 0 Å². The molecule has 0 unspecified atom stereocenters. The quantitative estimate of drug-likeness (QED) is 0.546. The van der Waals surface area contributed by atoms with E-state index in [9.17, 15) is 0 Å². The van der Waals surface area contributed by atoms with E-state index in [-0.39, 0.29) is 0 Å². The van der Waals surface area contributed by atoms with E-state index in [1.165, 1.54) is 12.0 Å². The molecule has 0 saturated heterocycles. The molecule has 1 rings (SSSR count). The monoisotopic (exact) mass is 136 g/mol. The Bertz CT molecular complexity index is 170. The van der Waals surface area contributed by atoms with Gasteiger partial charge in [0.05, 0.1) is 0 Å². The maximum Gasteiger partial charge on any atom is -0.0157 e. The molecule has 0 aromatic heterocycles. The van der Waals surface area contributed by atoms with E-state index in [2.05, 4.69) is 32.9 Å². The van der Waals surface area contributed by atoms with Gasteiger partial charge in [-0.25, -0.2) is 0 Å². The van der Waals surface area contributed by atoms with E-state index in [1.807, 2.05) is 0 Å². The Balaban J connectivity index is 2.50. The first kappa shape index (κ1) is 7.59. The minimum absolute atomic E-state index is 0.799. The summed E-state index contributed by atoms with van der Waals surface area (Å²) in [7, 11) is 0. The molecule has 1 aliphatic rings. The summed E-state index contributed by atoms with van der Waals surface area (Å²) in [6.07, 6.45) is 7.06. The minimum atomic E-state index is 0.799. The van der Waals surface area contributed by atoms with E-state index in [0.717, 1.165) is 12.3 Å². The van der Waals surface area contributed by atoms with Crippen LogP contribution in [0.3, 0.4) is 0 Å². The summed E-state index contributed by atoms with van der Waals surface area (Å²) in [4.78, 5) is 0. The SMILES string of the molecule is CC1=CCC=C1CC(C)C. The molecule has 0 aliphatic heterocycles. The summed E-state index contributed by atoms with van der Waals surface area (Å²) in [5.41, 5.74) is 3.06. The van der Waals surface area contributed by atoms with Crippen molar-refractivity contribution in [1.29, 1.82) is 0 Å². The van der Waals surface area contributed by atoms with Crippen molar-refractivity contribution in [3.05, 3.63) is 23.3 Å². The van der Waals surface area contributed by atoms with Gasteiger partial charge in [-0.2, -0.15) is 0 Å². The predicted molar refractivity (Wildman–Crippen MR) is 45.9 cm³/mol. The van der Waals surface area contributed by atoms with Gasteiger partial charge in [0, 0.05) is 0 Å². The maximum atomic E-state index is 2.34. The zero-order valence-electron chi connectivity index (χ0n) is 7.15. The fourth-order valence-corrected chi connectivity index (χ4v) is 1.35. The molecule has 10 heavy (non-hydrogen) atoms. The second-order valence-corrected chi connectivity index (χ2v) is 3.45. The highest BCUT2D eigenvalue weighted by molar-refractivity contribution is 5.35. The summed E-state index contributed by atoms with van der Waals surface area (Å²) in [6, 6.07) is 0. The topological polar surface area (TPSA) is 0 Å². The highest BCUT2D eigenvalue weighted by Crippen LogP contribution is 2.24. The lowest BCUT2D eigenvalue weighted by molar-refractivity contribution is 0.646. The molecular formula is C10H16. The van der Waals surface area contributed by atoms with Gasteiger partial charge in [0.2, 0.25) is 0 Å². The molecule has 0 heteroatoms. The highest BCUT2D eigenvalue weighted by atomic mass is 14.1. The van der Waals surface area contributed by atoms with Gasteiger partial charge in [-0.15, -0.1) is 0 Å². The summed E-state index contributed by atoms with van der Waals surface area (Å²) in [5, 5.41) is 0. The Morgan fingerprint density at radius 2 is 2.10 bits per heavy atom. The predicted octanol–water partition coefficient (Wildman–Crippen LogP) is 3.31. The standard InChI is InChI=1S/C10H16/c1-8(2)7-10-6-4-5-9(10)3/h5-6,8H,4,7H2,1-3H3. The van der Waals surface area contributed by atoms with Crippen LogP contribution in [0, 0.1) is 5.92 Å². The van der Waals surface area contributed by atoms with Gasteiger partial charge in [-0.3, -0.25) is 0 Å². The van der Waals surface area contributed by atoms with Crippen molar-refractivity contribution in [1.82, 2.24) is 0 Å². The Hall–Kier alpha value is -0.520. The molecule has 0 atom stereocenters. The molecule has 0 bridgehead atoms. The van der Waals surface area contributed by atoms with E-state index in [1.54, 1.807) is 5.57 Å². The van der Waals surface area contributed by atoms with Gasteiger partial charge >= 0.3 is 0 Å². The van der Waals surface area contributed by atoms with Crippen LogP contribution in [0.25, 0.3) is 0 Å². The first-order valence-electron chi connectivity index (χ1n) is 4.06. The average Bonchev–Trinajstić information content (AvgIpc) is 2.15. The minimum Gasteiger partial charge on any atom is -0.0775 e. The maximum absolute atomic E-state index is 2.34. The molecule has 0 fully saturated rings. The zero-order valence-corrected chi connectivity index (χ0v) is 7.15. The zero-order chi connectivity index (χ0) is 7.56. The molecule has 0 radical (unpaired) electrons. The fourth-order valence-electron chi connectivity index (χ4n) is 1.35. The summed E-state index contributed by atoms with van der Waals surface area (Å²) in [5.74, 6) is 0.799. The normalized spacial score (nSPS) is 17.6. The van der Waals surface area contributed by atoms with Gasteiger partial charge < -0.3 is 0 Å². The van der Waals surface area contributed by atoms with Crippen LogP contribution in [-0.4, -0.2) is 0 Å². The van der Waals surface area contributed by atoms with Crippen molar-refractivity contribution < 1.29 is 0 Å². The van der Waals surface area contributed by atoms with Crippen LogP contribution in [-0.2, 0) is 0 Å². The van der Waals surface area contributed by atoms with Crippen molar-refractivity contribution >= 4 is 0 Å². The molecule has 56 valence electrons. The van der Waals surface area contributed by atoms with Crippen LogP contribution in [0.15, 0.2) is 23.3 Å². The molecule has 0 saturated carbocycles. The number of allylic oxidation sites excluding steroid dienone is 4. The first-order chi connectivity index (χ1) is 4.70. The molecule has 0 aromatic rings. The van der Waals surface area contributed by atoms with Gasteiger partial charge in [-0.05, 0) is 31.3 Å². The van der Waals surface area contributed by atoms with Crippen LogP contribution >= 0.6 is 0 Å². The number of rotatable bonds is 2. The van der Waals surface area contributed by atoms with Crippen LogP contribution in [0.1, 0.15) is 33.6 Å². The second kappa shape index (κ2) is 3.05. The van der Waals surface area contributed by atoms with Crippen molar-refractivity contribution in [2.24, 2.45) is 5.92 Å². The largest absolute Gasteiger partial charge is 0.0775 e. The van der Waals surface area contributed by atoms with Crippen LogP contribution in [0.4, 0.5) is 0 Å². The highest BCUT2D eigenvalue weighted by Gasteiger charge is 2.06. The smallest absolute Gasteiger partial charge is 0.0157 e. The molecule has 0 aromatic carbocycles. The Morgan fingerprint density at radius 3 is 2.50 bits per heavy atom. The van der Waals surface area contributed by atoms with Crippen molar-refractivity contribution in [3.63, 3.8) is 0 Å². The van der Waals surface area contributed by atoms with E-state index < -0.39 is 0 Å². The fraction of sp³-hybridized carbons (Fsp3) is 0.600. The lowest BCUT2D eigenvalue weighted by Gasteiger charge is -2.06. The Morgan fingerprint density at radius 1 is 1.40 bits per heavy atom. The molecular weight excluding hydrogens is 120 g/mol. The second-order valence-electron chi connectivity index (χ2n) is 3.45. The van der Waals surface area contributed by atoms with E-state index >= 15 is 0 Å². The number of hydrogen-bond acceptors (Lipinski definition) is 0. The third-order valence-electron chi connectivity index (χ3n) is 1.92. The first-order valence-corrected chi connectivity index (χ1v) is 4.06. The van der Waals surface area contributed by atoms with Gasteiger partial charge in [0.1, 0.15) is 0 Å². The third-order valence-corrected chi connectivity index (χ3v) is 1.92. The van der Waals surface area contributed by atoms with Gasteiger partial charge in [0.15, 0.2) is 0 Å². The molecule has 1 aliphatic carbocycles. The lowest BCUT2D eigenvalue weighted by Crippen LogP contribution is -1.90. The summed E-state index contributed by atoms with van der Waals surface area (Å²) in [6.45, 7) is 6.75. The Kier molecular flexibility index (Phi) is 2.31. The van der Waals surface area contributed by atoms with Crippen molar-refractivity contribution in [2.45, 2.75) is 33.6 Å². The number of hydrogen-bond donors (Lipinski definition) is 0. The van der Waals surface area contributed by atoms with Gasteiger partial charge in [0.25, 0.3) is 0 Å². The van der Waals surface area contributed by atoms with Crippen LogP contribution in [0.2, 0.25) is 0 Å². The molecule has 0 spiro atoms. The van der Waals surface area contributed by atoms with Crippen LogP contribution in [0.5, 0.6) is 0 Å². The lowest BCUT2D eigenvalue weighted by atomic mass is 10.00. The molecule has 0 amide bonds. The van der Waals surface area contributed by atoms with Crippen molar-refractivity contribution in [3.8, 4) is 0 Å². The summed E-state index contributed by atoms with van der Waals surface area (Å²) < 4.78 is 0. The van der Waals surface area contributed by atoms with Crippen molar-refractivity contribution in [2.75, 3.05) is 0 Å². The molecule has 0 heterocycles. The molecule has 0 nitrogen and oxygen atoms in total. The molecule has 0 N–H and O–H groups in total. The van der Waals surface area contributed by atoms with Crippen LogP contribution < -0.4 is 0 Å². The Labute approximate surface area is 63.6 Å². The van der Waals surface area contributed by atoms with E-state index in [4.69, 9.17) is 0 Å². The van der Waals surface area contributed by atoms with Gasteiger partial charge in [-0.1, -0.05) is 31.6 Å². The third kappa shape index (κ3) is 1.73. The average molecular weight is 136 g/mol. The summed E-state index contributed by atoms with van der Waals surface area (Å²) >= 11 is 0.